The lowest BCUT2D eigenvalue weighted by Crippen LogP contribution is -2.54. The number of unbranched alkanes of at least 4 members (excludes halogenated alkanes) is 1. The monoisotopic (exact) mass is 565 g/mol. The molecule has 8 heteroatoms. The van der Waals surface area contributed by atoms with Crippen LogP contribution >= 0.6 is 11.6 Å². The lowest BCUT2D eigenvalue weighted by atomic mass is 9.73. The molecular weight excluding hydrogens is 514 g/mol. The van der Waals surface area contributed by atoms with Gasteiger partial charge in [0.1, 0.15) is 0 Å². The van der Waals surface area contributed by atoms with Gasteiger partial charge in [-0.25, -0.2) is 4.79 Å². The van der Waals surface area contributed by atoms with Crippen LogP contribution in [-0.4, -0.2) is 75.7 Å². The van der Waals surface area contributed by atoms with Crippen molar-refractivity contribution in [2.45, 2.75) is 88.7 Å². The Hall–Kier alpha value is -1.38. The van der Waals surface area contributed by atoms with Gasteiger partial charge in [-0.3, -0.25) is 0 Å². The number of likely N-dealkylation sites (tertiary alicyclic amines) is 1. The van der Waals surface area contributed by atoms with Crippen LogP contribution in [0, 0.1) is 11.8 Å². The van der Waals surface area contributed by atoms with E-state index in [9.17, 15) is 9.90 Å². The number of amides is 2. The molecule has 2 aliphatic rings. The third-order valence-corrected chi connectivity index (χ3v) is 8.85. The Bertz CT molecular complexity index is 838. The van der Waals surface area contributed by atoms with E-state index in [0.29, 0.717) is 37.1 Å². The number of methoxy groups -OCH3 is 1. The van der Waals surface area contributed by atoms with E-state index in [0.717, 1.165) is 57.2 Å². The number of piperidine rings is 1. The number of carbonyl (C=O) groups excluding carboxylic acids is 1. The van der Waals surface area contributed by atoms with Gasteiger partial charge in [0.2, 0.25) is 0 Å². The Labute approximate surface area is 241 Å². The van der Waals surface area contributed by atoms with Crippen molar-refractivity contribution < 1.29 is 19.4 Å². The number of hydrogen-bond donors (Lipinski definition) is 3. The first-order valence-corrected chi connectivity index (χ1v) is 15.6. The highest BCUT2D eigenvalue weighted by molar-refractivity contribution is 6.30. The Morgan fingerprint density at radius 2 is 1.97 bits per heavy atom. The van der Waals surface area contributed by atoms with Crippen molar-refractivity contribution in [1.82, 2.24) is 15.5 Å². The van der Waals surface area contributed by atoms with Crippen LogP contribution in [-0.2, 0) is 15.1 Å². The van der Waals surface area contributed by atoms with E-state index in [-0.39, 0.29) is 24.6 Å². The number of nitrogens with one attached hydrogen (secondary N) is 2. The molecule has 1 aromatic rings. The molecule has 3 N–H and O–H groups in total. The normalized spacial score (nSPS) is 20.9. The number of ether oxygens (including phenoxy) is 2. The number of hydrogen-bond acceptors (Lipinski definition) is 5. The second kappa shape index (κ2) is 17.4. The molecule has 7 nitrogen and oxygen atoms in total. The second-order valence-electron chi connectivity index (χ2n) is 11.5. The standard InChI is InChI=1S/C31H52ClN3O4/c1-33-23-29(21-25-11-4-3-5-12-25)34-30(37)35-17-9-14-27(24-35)31(39-20-10-18-36,16-6-7-19-38-2)26-13-8-15-28(32)22-26/h8,13,15,22,25,27,29,33,36H,3-7,9-12,14,16-21,23-24H2,1-2H3,(H,34,37)/t27-,29+,31?/m1/s1. The molecular formula is C31H52ClN3O4. The van der Waals surface area contributed by atoms with Crippen LogP contribution in [0.25, 0.3) is 0 Å². The molecule has 0 bridgehead atoms. The van der Waals surface area contributed by atoms with E-state index >= 15 is 0 Å². The van der Waals surface area contributed by atoms with Crippen LogP contribution in [0.3, 0.4) is 0 Å². The van der Waals surface area contributed by atoms with Crippen molar-refractivity contribution in [3.05, 3.63) is 34.9 Å². The summed E-state index contributed by atoms with van der Waals surface area (Å²) in [6.45, 7) is 3.43. The molecule has 2 fully saturated rings. The maximum absolute atomic E-state index is 13.6. The molecule has 39 heavy (non-hydrogen) atoms. The molecule has 0 spiro atoms. The van der Waals surface area contributed by atoms with Crippen molar-refractivity contribution in [3.63, 3.8) is 0 Å². The number of aliphatic hydroxyl groups excluding tert-OH is 1. The number of benzene rings is 1. The van der Waals surface area contributed by atoms with Gasteiger partial charge in [0, 0.05) is 63.5 Å². The predicted octanol–water partition coefficient (Wildman–Crippen LogP) is 5.73. The van der Waals surface area contributed by atoms with Gasteiger partial charge in [-0.05, 0) is 75.6 Å². The zero-order valence-electron chi connectivity index (χ0n) is 24.3. The molecule has 1 unspecified atom stereocenters. The van der Waals surface area contributed by atoms with Gasteiger partial charge in [0.05, 0.1) is 5.60 Å². The molecule has 1 saturated heterocycles. The molecule has 1 aliphatic heterocycles. The summed E-state index contributed by atoms with van der Waals surface area (Å²) < 4.78 is 12.1. The highest BCUT2D eigenvalue weighted by Gasteiger charge is 2.44. The minimum Gasteiger partial charge on any atom is -0.396 e. The Morgan fingerprint density at radius 1 is 1.15 bits per heavy atom. The van der Waals surface area contributed by atoms with Crippen molar-refractivity contribution >= 4 is 17.6 Å². The topological polar surface area (TPSA) is 83.1 Å². The minimum absolute atomic E-state index is 0.0329. The summed E-state index contributed by atoms with van der Waals surface area (Å²) in [6, 6.07) is 8.17. The van der Waals surface area contributed by atoms with E-state index < -0.39 is 5.60 Å². The van der Waals surface area contributed by atoms with Gasteiger partial charge in [-0.1, -0.05) is 55.8 Å². The minimum atomic E-state index is -0.584. The van der Waals surface area contributed by atoms with E-state index in [1.54, 1.807) is 7.11 Å². The molecule has 0 radical (unpaired) electrons. The number of urea groups is 1. The molecule has 1 saturated carbocycles. The average Bonchev–Trinajstić information content (AvgIpc) is 2.95. The van der Waals surface area contributed by atoms with Gasteiger partial charge in [-0.15, -0.1) is 0 Å². The van der Waals surface area contributed by atoms with Crippen molar-refractivity contribution in [2.24, 2.45) is 11.8 Å². The largest absolute Gasteiger partial charge is 0.396 e. The lowest BCUT2D eigenvalue weighted by Gasteiger charge is -2.46. The van der Waals surface area contributed by atoms with Gasteiger partial charge in [0.15, 0.2) is 0 Å². The van der Waals surface area contributed by atoms with Crippen LogP contribution in [0.1, 0.15) is 82.6 Å². The molecule has 1 aliphatic carbocycles. The fourth-order valence-electron chi connectivity index (χ4n) is 6.64. The van der Waals surface area contributed by atoms with Crippen molar-refractivity contribution in [1.29, 1.82) is 0 Å². The zero-order chi connectivity index (χ0) is 27.9. The first-order chi connectivity index (χ1) is 19.0. The Kier molecular flexibility index (Phi) is 14.4. The summed E-state index contributed by atoms with van der Waals surface area (Å²) in [5.41, 5.74) is 0.474. The van der Waals surface area contributed by atoms with E-state index in [1.165, 1.54) is 32.1 Å². The summed E-state index contributed by atoms with van der Waals surface area (Å²) in [7, 11) is 3.69. The highest BCUT2D eigenvalue weighted by Crippen LogP contribution is 2.44. The summed E-state index contributed by atoms with van der Waals surface area (Å²) >= 11 is 6.48. The maximum atomic E-state index is 13.6. The second-order valence-corrected chi connectivity index (χ2v) is 11.9. The molecule has 3 atom stereocenters. The number of rotatable bonds is 16. The third kappa shape index (κ3) is 9.89. The van der Waals surface area contributed by atoms with Gasteiger partial charge < -0.3 is 30.1 Å². The zero-order valence-corrected chi connectivity index (χ0v) is 25.0. The van der Waals surface area contributed by atoms with Crippen LogP contribution < -0.4 is 10.6 Å². The highest BCUT2D eigenvalue weighted by atomic mass is 35.5. The molecule has 3 rings (SSSR count). The number of halogens is 1. The fraction of sp³-hybridized carbons (Fsp3) is 0.774. The molecule has 2 amide bonds. The number of carbonyl (C=O) groups is 1. The molecule has 0 aromatic heterocycles. The van der Waals surface area contributed by atoms with Crippen LogP contribution in [0.2, 0.25) is 5.02 Å². The quantitative estimate of drug-likeness (QED) is 0.223. The summed E-state index contributed by atoms with van der Waals surface area (Å²) in [5.74, 6) is 0.826. The van der Waals surface area contributed by atoms with E-state index in [1.807, 2.05) is 30.1 Å². The first-order valence-electron chi connectivity index (χ1n) is 15.2. The van der Waals surface area contributed by atoms with Gasteiger partial charge in [0.25, 0.3) is 0 Å². The average molecular weight is 566 g/mol. The predicted molar refractivity (Wildman–Crippen MR) is 158 cm³/mol. The SMILES string of the molecule is CNC[C@H](CC1CCCCC1)NC(=O)N1CCC[C@@H](C(CCCCOC)(OCCCO)c2cccc(Cl)c2)C1. The van der Waals surface area contributed by atoms with E-state index in [2.05, 4.69) is 16.7 Å². The smallest absolute Gasteiger partial charge is 0.317 e. The fourth-order valence-corrected chi connectivity index (χ4v) is 6.83. The van der Waals surface area contributed by atoms with Gasteiger partial charge >= 0.3 is 6.03 Å². The number of likely N-dealkylation sites (N-methyl/N-ethyl adjacent to an activating group) is 1. The van der Waals surface area contributed by atoms with E-state index in [4.69, 9.17) is 21.1 Å². The maximum Gasteiger partial charge on any atom is 0.317 e. The number of aliphatic hydroxyl groups is 1. The summed E-state index contributed by atoms with van der Waals surface area (Å²) in [6.07, 6.45) is 12.7. The first kappa shape index (κ1) is 32.1. The summed E-state index contributed by atoms with van der Waals surface area (Å²) in [5, 5.41) is 16.9. The molecule has 1 aromatic carbocycles. The number of nitrogens with zero attached hydrogens (tertiary/aromatic N) is 1. The molecule has 222 valence electrons. The third-order valence-electron chi connectivity index (χ3n) is 8.61. The lowest BCUT2D eigenvalue weighted by molar-refractivity contribution is -0.117. The summed E-state index contributed by atoms with van der Waals surface area (Å²) in [4.78, 5) is 15.6. The van der Waals surface area contributed by atoms with Crippen LogP contribution in [0.4, 0.5) is 4.79 Å². The van der Waals surface area contributed by atoms with Crippen molar-refractivity contribution in [3.8, 4) is 0 Å². The Morgan fingerprint density at radius 3 is 2.69 bits per heavy atom. The van der Waals surface area contributed by atoms with Crippen LogP contribution in [0.15, 0.2) is 24.3 Å². The van der Waals surface area contributed by atoms with Crippen LogP contribution in [0.5, 0.6) is 0 Å². The van der Waals surface area contributed by atoms with Gasteiger partial charge in [-0.2, -0.15) is 0 Å². The van der Waals surface area contributed by atoms with Crippen molar-refractivity contribution in [2.75, 3.05) is 53.6 Å². The molecule has 1 heterocycles. The Balaban J connectivity index is 1.78.